The lowest BCUT2D eigenvalue weighted by atomic mass is 10.1. The van der Waals surface area contributed by atoms with Crippen molar-refractivity contribution in [1.82, 2.24) is 4.90 Å². The third-order valence-electron chi connectivity index (χ3n) is 1.94. The summed E-state index contributed by atoms with van der Waals surface area (Å²) in [7, 11) is 0. The molecule has 1 N–H and O–H groups in total. The van der Waals surface area contributed by atoms with E-state index in [-0.39, 0.29) is 12.1 Å². The van der Waals surface area contributed by atoms with Gasteiger partial charge < -0.3 is 10.0 Å². The van der Waals surface area contributed by atoms with Crippen LogP contribution in [0.15, 0.2) is 0 Å². The standard InChI is InChI=1S/C9H20NO/c1-5-10(6-2)8(3)7-9(4)11/h8-9,11H,3,5-7H2,1-2,4H3. The van der Waals surface area contributed by atoms with E-state index < -0.39 is 0 Å². The van der Waals surface area contributed by atoms with Gasteiger partial charge in [-0.1, -0.05) is 13.8 Å². The van der Waals surface area contributed by atoms with E-state index in [9.17, 15) is 0 Å². The molecular weight excluding hydrogens is 138 g/mol. The van der Waals surface area contributed by atoms with Crippen molar-refractivity contribution in [2.75, 3.05) is 13.1 Å². The van der Waals surface area contributed by atoms with Crippen LogP contribution in [0.5, 0.6) is 0 Å². The third kappa shape index (κ3) is 4.38. The fourth-order valence-electron chi connectivity index (χ4n) is 1.28. The number of hydrogen-bond acceptors (Lipinski definition) is 2. The molecule has 0 aliphatic heterocycles. The molecule has 0 aliphatic rings. The van der Waals surface area contributed by atoms with E-state index >= 15 is 0 Å². The molecule has 67 valence electrons. The highest BCUT2D eigenvalue weighted by molar-refractivity contribution is 4.73. The lowest BCUT2D eigenvalue weighted by Gasteiger charge is -2.26. The summed E-state index contributed by atoms with van der Waals surface area (Å²) in [5.74, 6) is 0. The van der Waals surface area contributed by atoms with E-state index in [1.807, 2.05) is 6.92 Å². The molecule has 2 unspecified atom stereocenters. The summed E-state index contributed by atoms with van der Waals surface area (Å²) in [5.41, 5.74) is 0. The zero-order chi connectivity index (χ0) is 8.85. The first-order chi connectivity index (χ1) is 5.11. The van der Waals surface area contributed by atoms with Gasteiger partial charge in [-0.15, -0.1) is 0 Å². The van der Waals surface area contributed by atoms with Crippen LogP contribution < -0.4 is 0 Å². The van der Waals surface area contributed by atoms with Crippen molar-refractivity contribution in [2.45, 2.75) is 39.3 Å². The second-order valence-electron chi connectivity index (χ2n) is 2.96. The van der Waals surface area contributed by atoms with Crippen LogP contribution in [0.1, 0.15) is 27.2 Å². The quantitative estimate of drug-likeness (QED) is 0.652. The Morgan fingerprint density at radius 1 is 1.36 bits per heavy atom. The Bertz CT molecular complexity index is 89.6. The summed E-state index contributed by atoms with van der Waals surface area (Å²) < 4.78 is 0. The van der Waals surface area contributed by atoms with Crippen LogP contribution in [0.4, 0.5) is 0 Å². The molecule has 0 saturated carbocycles. The molecule has 2 heteroatoms. The monoisotopic (exact) mass is 158 g/mol. The van der Waals surface area contributed by atoms with Gasteiger partial charge in [-0.05, 0) is 33.4 Å². The van der Waals surface area contributed by atoms with Crippen molar-refractivity contribution in [3.8, 4) is 0 Å². The number of aliphatic hydroxyl groups excluding tert-OH is 1. The van der Waals surface area contributed by atoms with Gasteiger partial charge in [-0.3, -0.25) is 0 Å². The Kier molecular flexibility index (Phi) is 5.51. The van der Waals surface area contributed by atoms with E-state index in [2.05, 4.69) is 25.7 Å². The SMILES string of the molecule is [CH2]C(CC(C)O)N(CC)CC. The second-order valence-corrected chi connectivity index (χ2v) is 2.96. The van der Waals surface area contributed by atoms with E-state index in [0.717, 1.165) is 19.5 Å². The smallest absolute Gasteiger partial charge is 0.0527 e. The van der Waals surface area contributed by atoms with E-state index in [0.29, 0.717) is 0 Å². The lowest BCUT2D eigenvalue weighted by Crippen LogP contribution is -2.34. The molecule has 0 spiro atoms. The van der Waals surface area contributed by atoms with Crippen molar-refractivity contribution in [3.05, 3.63) is 6.92 Å². The highest BCUT2D eigenvalue weighted by atomic mass is 16.3. The molecular formula is C9H20NO. The molecule has 0 saturated heterocycles. The predicted molar refractivity (Wildman–Crippen MR) is 48.4 cm³/mol. The Morgan fingerprint density at radius 2 is 1.82 bits per heavy atom. The molecule has 1 radical (unpaired) electrons. The average molecular weight is 158 g/mol. The van der Waals surface area contributed by atoms with E-state index in [4.69, 9.17) is 5.11 Å². The van der Waals surface area contributed by atoms with Crippen molar-refractivity contribution in [3.63, 3.8) is 0 Å². The molecule has 0 rings (SSSR count). The summed E-state index contributed by atoms with van der Waals surface area (Å²) in [6, 6.07) is 0.255. The van der Waals surface area contributed by atoms with Crippen LogP contribution in [0.2, 0.25) is 0 Å². The molecule has 2 atom stereocenters. The lowest BCUT2D eigenvalue weighted by molar-refractivity contribution is 0.136. The Morgan fingerprint density at radius 3 is 2.09 bits per heavy atom. The maximum atomic E-state index is 9.10. The van der Waals surface area contributed by atoms with Gasteiger partial charge in [0.2, 0.25) is 0 Å². The number of rotatable bonds is 5. The van der Waals surface area contributed by atoms with Gasteiger partial charge in [0.05, 0.1) is 6.10 Å². The van der Waals surface area contributed by atoms with E-state index in [1.165, 1.54) is 0 Å². The second kappa shape index (κ2) is 5.56. The highest BCUT2D eigenvalue weighted by Gasteiger charge is 2.11. The fraction of sp³-hybridized carbons (Fsp3) is 0.889. The first-order valence-electron chi connectivity index (χ1n) is 4.37. The van der Waals surface area contributed by atoms with E-state index in [1.54, 1.807) is 0 Å². The fourth-order valence-corrected chi connectivity index (χ4v) is 1.28. The molecule has 11 heavy (non-hydrogen) atoms. The van der Waals surface area contributed by atoms with Crippen molar-refractivity contribution < 1.29 is 5.11 Å². The summed E-state index contributed by atoms with van der Waals surface area (Å²) in [4.78, 5) is 2.24. The topological polar surface area (TPSA) is 23.5 Å². The number of aliphatic hydroxyl groups is 1. The maximum Gasteiger partial charge on any atom is 0.0527 e. The molecule has 0 aromatic heterocycles. The molecule has 0 aliphatic carbocycles. The van der Waals surface area contributed by atoms with Gasteiger partial charge >= 0.3 is 0 Å². The van der Waals surface area contributed by atoms with Crippen molar-refractivity contribution in [1.29, 1.82) is 0 Å². The van der Waals surface area contributed by atoms with Crippen molar-refractivity contribution in [2.24, 2.45) is 0 Å². The van der Waals surface area contributed by atoms with Crippen LogP contribution in [0.3, 0.4) is 0 Å². The van der Waals surface area contributed by atoms with Crippen LogP contribution in [-0.2, 0) is 0 Å². The first-order valence-corrected chi connectivity index (χ1v) is 4.37. The summed E-state index contributed by atoms with van der Waals surface area (Å²) in [6.07, 6.45) is 0.528. The van der Waals surface area contributed by atoms with Gasteiger partial charge in [-0.25, -0.2) is 0 Å². The van der Waals surface area contributed by atoms with Crippen LogP contribution >= 0.6 is 0 Å². The minimum absolute atomic E-state index is 0.238. The molecule has 0 bridgehead atoms. The average Bonchev–Trinajstić information content (AvgIpc) is 1.88. The van der Waals surface area contributed by atoms with Crippen LogP contribution in [-0.4, -0.2) is 35.2 Å². The van der Waals surface area contributed by atoms with Gasteiger partial charge in [0.1, 0.15) is 0 Å². The van der Waals surface area contributed by atoms with Gasteiger partial charge in [-0.2, -0.15) is 0 Å². The molecule has 0 aromatic carbocycles. The van der Waals surface area contributed by atoms with Crippen molar-refractivity contribution >= 4 is 0 Å². The molecule has 0 amide bonds. The Hall–Kier alpha value is -0.0800. The zero-order valence-corrected chi connectivity index (χ0v) is 7.88. The van der Waals surface area contributed by atoms with Crippen LogP contribution in [0, 0.1) is 6.92 Å². The maximum absolute atomic E-state index is 9.10. The summed E-state index contributed by atoms with van der Waals surface area (Å²) in [6.45, 7) is 12.0. The molecule has 0 aromatic rings. The summed E-state index contributed by atoms with van der Waals surface area (Å²) >= 11 is 0. The zero-order valence-electron chi connectivity index (χ0n) is 7.88. The molecule has 0 fully saturated rings. The number of nitrogens with zero attached hydrogens (tertiary/aromatic N) is 1. The van der Waals surface area contributed by atoms with Gasteiger partial charge in [0.25, 0.3) is 0 Å². The highest BCUT2D eigenvalue weighted by Crippen LogP contribution is 2.05. The normalized spacial score (nSPS) is 16.9. The summed E-state index contributed by atoms with van der Waals surface area (Å²) in [5, 5.41) is 9.10. The Labute approximate surface area is 70.2 Å². The number of hydrogen-bond donors (Lipinski definition) is 1. The minimum Gasteiger partial charge on any atom is -0.393 e. The van der Waals surface area contributed by atoms with Gasteiger partial charge in [0.15, 0.2) is 0 Å². The Balaban J connectivity index is 3.68. The largest absolute Gasteiger partial charge is 0.393 e. The van der Waals surface area contributed by atoms with Crippen LogP contribution in [0.25, 0.3) is 0 Å². The molecule has 0 heterocycles. The van der Waals surface area contributed by atoms with Gasteiger partial charge in [0, 0.05) is 6.04 Å². The first kappa shape index (κ1) is 10.9. The molecule has 2 nitrogen and oxygen atoms in total. The third-order valence-corrected chi connectivity index (χ3v) is 1.94. The minimum atomic E-state index is -0.238. The predicted octanol–water partition coefficient (Wildman–Crippen LogP) is 1.30.